The fraction of sp³-hybridized carbons (Fsp3) is 0.273. The summed E-state index contributed by atoms with van der Waals surface area (Å²) in [6.07, 6.45) is 0. The first-order valence-electron chi connectivity index (χ1n) is 9.38. The van der Waals surface area contributed by atoms with E-state index in [1.807, 2.05) is 65.6 Å². The fourth-order valence-corrected chi connectivity index (χ4v) is 3.39. The molecule has 0 spiro atoms. The highest BCUT2D eigenvalue weighted by Gasteiger charge is 2.22. The largest absolute Gasteiger partial charge is 0.483 e. The Kier molecular flexibility index (Phi) is 5.03. The molecule has 4 rings (SSSR count). The molecule has 0 saturated carbocycles. The average molecular weight is 362 g/mol. The normalized spacial score (nSPS) is 15.1. The van der Waals surface area contributed by atoms with E-state index in [1.165, 1.54) is 4.90 Å². The number of carbonyl (C=O) groups excluding carboxylic acids is 1. The Bertz CT molecular complexity index is 935. The number of piperazine rings is 1. The van der Waals surface area contributed by atoms with E-state index in [1.54, 1.807) is 0 Å². The van der Waals surface area contributed by atoms with Crippen molar-refractivity contribution in [3.8, 4) is 17.0 Å². The maximum atomic E-state index is 12.5. The van der Waals surface area contributed by atoms with Gasteiger partial charge in [-0.15, -0.1) is 0 Å². The molecule has 5 heteroatoms. The molecular weight excluding hydrogens is 338 g/mol. The molecule has 0 atom stereocenters. The fourth-order valence-electron chi connectivity index (χ4n) is 3.39. The van der Waals surface area contributed by atoms with Gasteiger partial charge in [-0.25, -0.2) is 4.98 Å². The Balaban J connectivity index is 1.58. The summed E-state index contributed by atoms with van der Waals surface area (Å²) >= 11 is 0. The van der Waals surface area contributed by atoms with Crippen molar-refractivity contribution in [2.45, 2.75) is 0 Å². The average Bonchev–Trinajstić information content (AvgIpc) is 2.72. The number of nitrogens with zero attached hydrogens (tertiary/aromatic N) is 2. The lowest BCUT2D eigenvalue weighted by Crippen LogP contribution is -3.12. The van der Waals surface area contributed by atoms with Gasteiger partial charge in [-0.2, -0.15) is 0 Å². The van der Waals surface area contributed by atoms with Crippen LogP contribution in [0.5, 0.6) is 5.75 Å². The Hall–Kier alpha value is -2.92. The third-order valence-corrected chi connectivity index (χ3v) is 5.07. The molecule has 0 radical (unpaired) electrons. The summed E-state index contributed by atoms with van der Waals surface area (Å²) in [7, 11) is 2.16. The number of ether oxygens (including phenoxy) is 1. The van der Waals surface area contributed by atoms with E-state index in [4.69, 9.17) is 9.72 Å². The van der Waals surface area contributed by atoms with Crippen LogP contribution in [-0.4, -0.2) is 55.6 Å². The molecule has 2 aromatic carbocycles. The minimum atomic E-state index is 0.0460. The molecule has 0 aliphatic carbocycles. The molecule has 1 aromatic heterocycles. The zero-order valence-corrected chi connectivity index (χ0v) is 15.5. The van der Waals surface area contributed by atoms with Gasteiger partial charge in [0.05, 0.1) is 44.4 Å². The quantitative estimate of drug-likeness (QED) is 0.768. The number of hydrogen-bond acceptors (Lipinski definition) is 3. The van der Waals surface area contributed by atoms with Crippen LogP contribution in [0.4, 0.5) is 0 Å². The van der Waals surface area contributed by atoms with Crippen LogP contribution in [0.15, 0.2) is 60.7 Å². The Labute approximate surface area is 159 Å². The van der Waals surface area contributed by atoms with Gasteiger partial charge in [0.2, 0.25) is 0 Å². The van der Waals surface area contributed by atoms with Crippen LogP contribution in [0, 0.1) is 0 Å². The van der Waals surface area contributed by atoms with Gasteiger partial charge in [-0.1, -0.05) is 42.5 Å². The Morgan fingerprint density at radius 2 is 1.78 bits per heavy atom. The second-order valence-electron chi connectivity index (χ2n) is 7.02. The van der Waals surface area contributed by atoms with E-state index in [2.05, 4.69) is 7.05 Å². The molecule has 2 heterocycles. The standard InChI is InChI=1S/C22H23N3O2/c1-24-11-13-25(14-12-24)22(26)16-27-21-15-20(17-7-3-2-4-8-17)23-19-10-6-5-9-18(19)21/h2-10,15H,11-14,16H2,1H3/p+1. The smallest absolute Gasteiger partial charge is 0.260 e. The van der Waals surface area contributed by atoms with Crippen molar-refractivity contribution < 1.29 is 14.4 Å². The van der Waals surface area contributed by atoms with Gasteiger partial charge in [0, 0.05) is 17.0 Å². The topological polar surface area (TPSA) is 46.9 Å². The Morgan fingerprint density at radius 1 is 1.07 bits per heavy atom. The molecule has 1 aliphatic heterocycles. The van der Waals surface area contributed by atoms with E-state index in [0.29, 0.717) is 5.75 Å². The predicted molar refractivity (Wildman–Crippen MR) is 106 cm³/mol. The molecule has 3 aromatic rings. The van der Waals surface area contributed by atoms with Crippen LogP contribution in [0.2, 0.25) is 0 Å². The van der Waals surface area contributed by atoms with Crippen LogP contribution in [0.25, 0.3) is 22.2 Å². The lowest BCUT2D eigenvalue weighted by Gasteiger charge is -2.30. The number of hydrogen-bond donors (Lipinski definition) is 1. The monoisotopic (exact) mass is 362 g/mol. The molecule has 1 N–H and O–H groups in total. The first-order chi connectivity index (χ1) is 13.2. The molecule has 1 aliphatic rings. The van der Waals surface area contributed by atoms with Gasteiger partial charge in [0.25, 0.3) is 5.91 Å². The third kappa shape index (κ3) is 3.93. The summed E-state index contributed by atoms with van der Waals surface area (Å²) in [5, 5.41) is 0.924. The summed E-state index contributed by atoms with van der Waals surface area (Å²) in [4.78, 5) is 20.7. The van der Waals surface area contributed by atoms with Crippen molar-refractivity contribution in [2.75, 3.05) is 39.8 Å². The van der Waals surface area contributed by atoms with Crippen LogP contribution in [0.3, 0.4) is 0 Å². The van der Waals surface area contributed by atoms with E-state index >= 15 is 0 Å². The van der Waals surface area contributed by atoms with Gasteiger partial charge < -0.3 is 14.5 Å². The molecule has 138 valence electrons. The van der Waals surface area contributed by atoms with Gasteiger partial charge in [-0.05, 0) is 12.1 Å². The van der Waals surface area contributed by atoms with Crippen LogP contribution in [-0.2, 0) is 4.79 Å². The van der Waals surface area contributed by atoms with Gasteiger partial charge in [-0.3, -0.25) is 4.79 Å². The van der Waals surface area contributed by atoms with Crippen molar-refractivity contribution in [3.05, 3.63) is 60.7 Å². The zero-order chi connectivity index (χ0) is 18.6. The number of aromatic nitrogens is 1. The second kappa shape index (κ2) is 7.76. The number of rotatable bonds is 4. The molecular formula is C22H24N3O2+. The predicted octanol–water partition coefficient (Wildman–Crippen LogP) is 1.64. The molecule has 1 saturated heterocycles. The summed E-state index contributed by atoms with van der Waals surface area (Å²) in [6, 6.07) is 19.8. The van der Waals surface area contributed by atoms with Crippen LogP contribution in [0.1, 0.15) is 0 Å². The number of carbonyl (C=O) groups is 1. The third-order valence-electron chi connectivity index (χ3n) is 5.07. The number of nitrogens with one attached hydrogen (secondary N) is 1. The Morgan fingerprint density at radius 3 is 2.56 bits per heavy atom. The number of amides is 1. The van der Waals surface area contributed by atoms with E-state index in [0.717, 1.165) is 48.3 Å². The number of pyridine rings is 1. The van der Waals surface area contributed by atoms with Gasteiger partial charge >= 0.3 is 0 Å². The van der Waals surface area contributed by atoms with Crippen LogP contribution >= 0.6 is 0 Å². The summed E-state index contributed by atoms with van der Waals surface area (Å²) in [6.45, 7) is 3.62. The van der Waals surface area contributed by atoms with Crippen molar-refractivity contribution in [2.24, 2.45) is 0 Å². The van der Waals surface area contributed by atoms with E-state index < -0.39 is 0 Å². The van der Waals surface area contributed by atoms with Gasteiger partial charge in [0.15, 0.2) is 6.61 Å². The lowest BCUT2D eigenvalue weighted by atomic mass is 10.1. The van der Waals surface area contributed by atoms with Crippen LogP contribution < -0.4 is 9.64 Å². The van der Waals surface area contributed by atoms with E-state index in [-0.39, 0.29) is 12.5 Å². The molecule has 0 unspecified atom stereocenters. The highest BCUT2D eigenvalue weighted by molar-refractivity contribution is 5.88. The minimum Gasteiger partial charge on any atom is -0.483 e. The first-order valence-corrected chi connectivity index (χ1v) is 9.38. The maximum absolute atomic E-state index is 12.5. The van der Waals surface area contributed by atoms with Crippen molar-refractivity contribution in [1.29, 1.82) is 0 Å². The zero-order valence-electron chi connectivity index (χ0n) is 15.5. The van der Waals surface area contributed by atoms with Gasteiger partial charge in [0.1, 0.15) is 5.75 Å². The molecule has 1 amide bonds. The molecule has 27 heavy (non-hydrogen) atoms. The minimum absolute atomic E-state index is 0.0460. The summed E-state index contributed by atoms with van der Waals surface area (Å²) < 4.78 is 5.99. The summed E-state index contributed by atoms with van der Waals surface area (Å²) in [5.41, 5.74) is 2.74. The van der Waals surface area contributed by atoms with Crippen molar-refractivity contribution in [1.82, 2.24) is 9.88 Å². The number of fused-ring (bicyclic) bond motifs is 1. The second-order valence-corrected chi connectivity index (χ2v) is 7.02. The number of quaternary nitrogens is 1. The number of likely N-dealkylation sites (N-methyl/N-ethyl adjacent to an activating group) is 1. The summed E-state index contributed by atoms with van der Waals surface area (Å²) in [5.74, 6) is 0.747. The molecule has 1 fully saturated rings. The first kappa shape index (κ1) is 17.5. The highest BCUT2D eigenvalue weighted by Crippen LogP contribution is 2.30. The highest BCUT2D eigenvalue weighted by atomic mass is 16.5. The van der Waals surface area contributed by atoms with Crippen molar-refractivity contribution in [3.63, 3.8) is 0 Å². The number of benzene rings is 2. The van der Waals surface area contributed by atoms with E-state index in [9.17, 15) is 4.79 Å². The van der Waals surface area contributed by atoms with Crippen molar-refractivity contribution >= 4 is 16.8 Å². The molecule has 0 bridgehead atoms. The number of para-hydroxylation sites is 1. The lowest BCUT2D eigenvalue weighted by molar-refractivity contribution is -0.883. The molecule has 5 nitrogen and oxygen atoms in total. The SMILES string of the molecule is C[NH+]1CCN(C(=O)COc2cc(-c3ccccc3)nc3ccccc23)CC1. The maximum Gasteiger partial charge on any atom is 0.260 e.